The topological polar surface area (TPSA) is 54.7 Å². The van der Waals surface area contributed by atoms with Crippen LogP contribution in [0.25, 0.3) is 0 Å². The zero-order valence-electron chi connectivity index (χ0n) is 11.2. The van der Waals surface area contributed by atoms with Crippen molar-refractivity contribution in [1.82, 2.24) is 10.2 Å². The van der Waals surface area contributed by atoms with Gasteiger partial charge in [-0.05, 0) is 47.8 Å². The summed E-state index contributed by atoms with van der Waals surface area (Å²) in [5.74, 6) is 0.745. The number of rotatable bonds is 4. The van der Waals surface area contributed by atoms with Crippen LogP contribution in [0.4, 0.5) is 4.79 Å². The van der Waals surface area contributed by atoms with Gasteiger partial charge in [-0.15, -0.1) is 0 Å². The fourth-order valence-electron chi connectivity index (χ4n) is 2.14. The molecule has 6 heteroatoms. The minimum absolute atomic E-state index is 0.0285. The zero-order chi connectivity index (χ0) is 13.8. The van der Waals surface area contributed by atoms with Gasteiger partial charge in [0.2, 0.25) is 0 Å². The maximum atomic E-state index is 12.0. The van der Waals surface area contributed by atoms with E-state index in [0.29, 0.717) is 11.2 Å². The number of hydrogen-bond donors (Lipinski definition) is 1. The summed E-state index contributed by atoms with van der Waals surface area (Å²) in [7, 11) is 1.74. The molecule has 106 valence electrons. The lowest BCUT2D eigenvalue weighted by Gasteiger charge is -2.23. The smallest absolute Gasteiger partial charge is 0.317 e. The minimum Gasteiger partial charge on any atom is -0.452 e. The van der Waals surface area contributed by atoms with Crippen LogP contribution in [0.15, 0.2) is 21.2 Å². The average molecular weight is 331 g/mol. The van der Waals surface area contributed by atoms with E-state index in [-0.39, 0.29) is 18.2 Å². The first-order chi connectivity index (χ1) is 9.06. The SMILES string of the molecule is C[C@@H](NC(=O)N(C)Cc1ccc(Br)o1)[C@H]1CCCO1. The fraction of sp³-hybridized carbons (Fsp3) is 0.615. The molecular weight excluding hydrogens is 312 g/mol. The van der Waals surface area contributed by atoms with Crippen molar-refractivity contribution in [3.8, 4) is 0 Å². The molecule has 2 atom stereocenters. The summed E-state index contributed by atoms with van der Waals surface area (Å²) < 4.78 is 11.6. The van der Waals surface area contributed by atoms with Gasteiger partial charge in [-0.3, -0.25) is 0 Å². The molecule has 0 saturated carbocycles. The van der Waals surface area contributed by atoms with Crippen LogP contribution in [0, 0.1) is 0 Å². The second-order valence-electron chi connectivity index (χ2n) is 4.85. The van der Waals surface area contributed by atoms with Crippen molar-refractivity contribution < 1.29 is 13.9 Å². The number of hydrogen-bond acceptors (Lipinski definition) is 3. The van der Waals surface area contributed by atoms with Gasteiger partial charge in [0, 0.05) is 13.7 Å². The Kier molecular flexibility index (Phi) is 4.87. The summed E-state index contributed by atoms with van der Waals surface area (Å²) in [6.07, 6.45) is 2.22. The number of nitrogens with one attached hydrogen (secondary N) is 1. The Hall–Kier alpha value is -1.01. The number of urea groups is 1. The van der Waals surface area contributed by atoms with Crippen LogP contribution >= 0.6 is 15.9 Å². The number of carbonyl (C=O) groups excluding carboxylic acids is 1. The molecule has 0 radical (unpaired) electrons. The lowest BCUT2D eigenvalue weighted by Crippen LogP contribution is -2.46. The van der Waals surface area contributed by atoms with Crippen LogP contribution in [0.5, 0.6) is 0 Å². The molecule has 0 aromatic carbocycles. The molecule has 1 aromatic heterocycles. The van der Waals surface area contributed by atoms with E-state index in [1.807, 2.05) is 19.1 Å². The molecule has 1 fully saturated rings. The Labute approximate surface area is 121 Å². The van der Waals surface area contributed by atoms with Crippen molar-refractivity contribution >= 4 is 22.0 Å². The van der Waals surface area contributed by atoms with Crippen molar-refractivity contribution in [1.29, 1.82) is 0 Å². The van der Waals surface area contributed by atoms with Gasteiger partial charge in [-0.1, -0.05) is 0 Å². The van der Waals surface area contributed by atoms with Crippen LogP contribution in [-0.4, -0.2) is 36.7 Å². The number of ether oxygens (including phenoxy) is 1. The van der Waals surface area contributed by atoms with Gasteiger partial charge >= 0.3 is 6.03 Å². The van der Waals surface area contributed by atoms with E-state index in [2.05, 4.69) is 21.2 Å². The molecule has 1 aromatic rings. The molecule has 0 bridgehead atoms. The third-order valence-corrected chi connectivity index (χ3v) is 3.67. The summed E-state index contributed by atoms with van der Waals surface area (Å²) in [6.45, 7) is 3.21. The summed E-state index contributed by atoms with van der Waals surface area (Å²) in [6, 6.07) is 3.57. The molecule has 2 heterocycles. The lowest BCUT2D eigenvalue weighted by atomic mass is 10.1. The first-order valence-electron chi connectivity index (χ1n) is 6.43. The molecule has 0 spiro atoms. The van der Waals surface area contributed by atoms with E-state index in [0.717, 1.165) is 25.2 Å². The molecular formula is C13H19BrN2O3. The van der Waals surface area contributed by atoms with Crippen LogP contribution < -0.4 is 5.32 Å². The minimum atomic E-state index is -0.115. The Morgan fingerprint density at radius 1 is 1.63 bits per heavy atom. The van der Waals surface area contributed by atoms with Crippen LogP contribution in [-0.2, 0) is 11.3 Å². The molecule has 5 nitrogen and oxygen atoms in total. The highest BCUT2D eigenvalue weighted by Crippen LogP contribution is 2.17. The Morgan fingerprint density at radius 3 is 3.00 bits per heavy atom. The van der Waals surface area contributed by atoms with E-state index in [1.54, 1.807) is 11.9 Å². The fourth-order valence-corrected chi connectivity index (χ4v) is 2.48. The Morgan fingerprint density at radius 2 is 2.42 bits per heavy atom. The second kappa shape index (κ2) is 6.43. The molecule has 1 N–H and O–H groups in total. The largest absolute Gasteiger partial charge is 0.452 e. The van der Waals surface area contributed by atoms with Crippen molar-refractivity contribution in [2.45, 2.75) is 38.5 Å². The normalized spacial score (nSPS) is 20.3. The van der Waals surface area contributed by atoms with Crippen LogP contribution in [0.3, 0.4) is 0 Å². The highest BCUT2D eigenvalue weighted by molar-refractivity contribution is 9.10. The highest BCUT2D eigenvalue weighted by atomic mass is 79.9. The molecule has 2 rings (SSSR count). The standard InChI is InChI=1S/C13H19BrN2O3/c1-9(11-4-3-7-18-11)15-13(17)16(2)8-10-5-6-12(14)19-10/h5-6,9,11H,3-4,7-8H2,1-2H3,(H,15,17)/t9-,11-/m1/s1. The molecule has 1 saturated heterocycles. The van der Waals surface area contributed by atoms with Crippen molar-refractivity contribution in [3.63, 3.8) is 0 Å². The van der Waals surface area contributed by atoms with Crippen LogP contribution in [0.2, 0.25) is 0 Å². The molecule has 0 aliphatic carbocycles. The predicted molar refractivity (Wildman–Crippen MR) is 74.8 cm³/mol. The third kappa shape index (κ3) is 3.98. The molecule has 0 unspecified atom stereocenters. The van der Waals surface area contributed by atoms with E-state index >= 15 is 0 Å². The van der Waals surface area contributed by atoms with Gasteiger partial charge in [0.1, 0.15) is 5.76 Å². The van der Waals surface area contributed by atoms with Crippen molar-refractivity contribution in [2.24, 2.45) is 0 Å². The predicted octanol–water partition coefficient (Wildman–Crippen LogP) is 2.75. The number of amides is 2. The van der Waals surface area contributed by atoms with E-state index in [4.69, 9.17) is 9.15 Å². The van der Waals surface area contributed by atoms with Gasteiger partial charge < -0.3 is 19.4 Å². The quantitative estimate of drug-likeness (QED) is 0.923. The molecule has 1 aliphatic rings. The van der Waals surface area contributed by atoms with Gasteiger partial charge in [0.25, 0.3) is 0 Å². The Balaban J connectivity index is 1.81. The van der Waals surface area contributed by atoms with Gasteiger partial charge in [0.15, 0.2) is 4.67 Å². The number of furan rings is 1. The number of carbonyl (C=O) groups is 1. The monoisotopic (exact) mass is 330 g/mol. The maximum absolute atomic E-state index is 12.0. The van der Waals surface area contributed by atoms with Gasteiger partial charge in [0.05, 0.1) is 18.7 Å². The zero-order valence-corrected chi connectivity index (χ0v) is 12.8. The average Bonchev–Trinajstić information content (AvgIpc) is 3.00. The summed E-state index contributed by atoms with van der Waals surface area (Å²) in [5, 5.41) is 2.96. The number of halogens is 1. The first kappa shape index (κ1) is 14.4. The summed E-state index contributed by atoms with van der Waals surface area (Å²) in [5.41, 5.74) is 0. The van der Waals surface area contributed by atoms with E-state index < -0.39 is 0 Å². The third-order valence-electron chi connectivity index (χ3n) is 3.24. The number of nitrogens with zero attached hydrogens (tertiary/aromatic N) is 1. The second-order valence-corrected chi connectivity index (χ2v) is 5.63. The Bertz CT molecular complexity index is 429. The molecule has 2 amide bonds. The van der Waals surface area contributed by atoms with Crippen molar-refractivity contribution in [3.05, 3.63) is 22.6 Å². The van der Waals surface area contributed by atoms with Gasteiger partial charge in [-0.2, -0.15) is 0 Å². The summed E-state index contributed by atoms with van der Waals surface area (Å²) in [4.78, 5) is 13.6. The maximum Gasteiger partial charge on any atom is 0.317 e. The first-order valence-corrected chi connectivity index (χ1v) is 7.23. The summed E-state index contributed by atoms with van der Waals surface area (Å²) >= 11 is 3.24. The van der Waals surface area contributed by atoms with E-state index in [9.17, 15) is 4.79 Å². The lowest BCUT2D eigenvalue weighted by molar-refractivity contribution is 0.0836. The molecule has 19 heavy (non-hydrogen) atoms. The molecule has 1 aliphatic heterocycles. The highest BCUT2D eigenvalue weighted by Gasteiger charge is 2.24. The van der Waals surface area contributed by atoms with Crippen LogP contribution in [0.1, 0.15) is 25.5 Å². The van der Waals surface area contributed by atoms with Gasteiger partial charge in [-0.25, -0.2) is 4.79 Å². The van der Waals surface area contributed by atoms with Crippen molar-refractivity contribution in [2.75, 3.05) is 13.7 Å². The van der Waals surface area contributed by atoms with E-state index in [1.165, 1.54) is 0 Å².